The molecule has 1 aliphatic heterocycles. The maximum atomic E-state index is 9.47. The van der Waals surface area contributed by atoms with Crippen LogP contribution in [0.4, 0.5) is 0 Å². The minimum Gasteiger partial charge on any atom is -0.508 e. The van der Waals surface area contributed by atoms with Crippen LogP contribution in [-0.2, 0) is 9.31 Å². The number of hydrogen-bond acceptors (Lipinski definition) is 3. The number of phenolic OH excluding ortho intramolecular Hbond substituents is 1. The number of rotatable bonds is 2. The van der Waals surface area contributed by atoms with Crippen molar-refractivity contribution in [2.24, 2.45) is 5.92 Å². The first kappa shape index (κ1) is 12.5. The number of benzene rings is 1. The second-order valence-electron chi connectivity index (χ2n) is 5.45. The summed E-state index contributed by atoms with van der Waals surface area (Å²) >= 11 is 0. The lowest BCUT2D eigenvalue weighted by atomic mass is 9.79. The van der Waals surface area contributed by atoms with Crippen LogP contribution in [0, 0.1) is 5.92 Å². The summed E-state index contributed by atoms with van der Waals surface area (Å²) in [6.07, 6.45) is 0.0647. The molecule has 0 radical (unpaired) electrons. The second-order valence-corrected chi connectivity index (χ2v) is 5.45. The van der Waals surface area contributed by atoms with Gasteiger partial charge >= 0.3 is 7.12 Å². The highest BCUT2D eigenvalue weighted by Crippen LogP contribution is 2.32. The SMILES string of the molecule is CC(C)C1OB(c2cccc(O)c2)OC1(C)C. The summed E-state index contributed by atoms with van der Waals surface area (Å²) in [5.74, 6) is 0.632. The largest absolute Gasteiger partial charge is 0.508 e. The van der Waals surface area contributed by atoms with Crippen LogP contribution in [0.5, 0.6) is 5.75 Å². The van der Waals surface area contributed by atoms with Crippen molar-refractivity contribution >= 4 is 12.6 Å². The number of hydrogen-bond donors (Lipinski definition) is 1. The van der Waals surface area contributed by atoms with Crippen molar-refractivity contribution in [3.63, 3.8) is 0 Å². The molecule has 4 heteroatoms. The molecule has 2 rings (SSSR count). The van der Waals surface area contributed by atoms with E-state index in [1.807, 2.05) is 19.9 Å². The lowest BCUT2D eigenvalue weighted by molar-refractivity contribution is 0.0438. The molecule has 0 spiro atoms. The minimum absolute atomic E-state index is 0.0647. The predicted molar refractivity (Wildman–Crippen MR) is 68.4 cm³/mol. The topological polar surface area (TPSA) is 38.7 Å². The third-order valence-electron chi connectivity index (χ3n) is 3.11. The molecule has 1 unspecified atom stereocenters. The van der Waals surface area contributed by atoms with Crippen molar-refractivity contribution in [2.45, 2.75) is 39.4 Å². The van der Waals surface area contributed by atoms with Gasteiger partial charge in [-0.15, -0.1) is 0 Å². The van der Waals surface area contributed by atoms with Crippen LogP contribution in [0.25, 0.3) is 0 Å². The van der Waals surface area contributed by atoms with Gasteiger partial charge in [0.05, 0.1) is 11.7 Å². The predicted octanol–water partition coefficient (Wildman–Crippen LogP) is 1.94. The van der Waals surface area contributed by atoms with Gasteiger partial charge in [0.25, 0.3) is 0 Å². The van der Waals surface area contributed by atoms with Crippen molar-refractivity contribution in [1.82, 2.24) is 0 Å². The molecule has 0 saturated carbocycles. The third-order valence-corrected chi connectivity index (χ3v) is 3.11. The van der Waals surface area contributed by atoms with E-state index < -0.39 is 0 Å². The fourth-order valence-electron chi connectivity index (χ4n) is 2.45. The molecular formula is C13H19BO3. The van der Waals surface area contributed by atoms with Crippen LogP contribution in [0.2, 0.25) is 0 Å². The molecular weight excluding hydrogens is 215 g/mol. The van der Waals surface area contributed by atoms with E-state index in [0.717, 1.165) is 5.46 Å². The number of phenols is 1. The van der Waals surface area contributed by atoms with Crippen molar-refractivity contribution in [3.05, 3.63) is 24.3 Å². The van der Waals surface area contributed by atoms with Gasteiger partial charge in [-0.1, -0.05) is 26.0 Å². The van der Waals surface area contributed by atoms with Crippen molar-refractivity contribution in [1.29, 1.82) is 0 Å². The quantitative estimate of drug-likeness (QED) is 0.794. The van der Waals surface area contributed by atoms with E-state index in [1.54, 1.807) is 18.2 Å². The van der Waals surface area contributed by atoms with Gasteiger partial charge in [0, 0.05) is 0 Å². The van der Waals surface area contributed by atoms with Gasteiger partial charge < -0.3 is 14.4 Å². The summed E-state index contributed by atoms with van der Waals surface area (Å²) in [5.41, 5.74) is 0.561. The Kier molecular flexibility index (Phi) is 3.19. The molecule has 1 saturated heterocycles. The Morgan fingerprint density at radius 3 is 2.59 bits per heavy atom. The third kappa shape index (κ3) is 2.48. The standard InChI is InChI=1S/C13H19BO3/c1-9(2)12-13(3,4)17-14(16-12)10-6-5-7-11(15)8-10/h5-9,12,15H,1-4H3. The van der Waals surface area contributed by atoms with Crippen LogP contribution >= 0.6 is 0 Å². The Hall–Kier alpha value is -0.995. The van der Waals surface area contributed by atoms with E-state index in [4.69, 9.17) is 9.31 Å². The second kappa shape index (κ2) is 4.35. The van der Waals surface area contributed by atoms with Crippen molar-refractivity contribution < 1.29 is 14.4 Å². The fraction of sp³-hybridized carbons (Fsp3) is 0.538. The highest BCUT2D eigenvalue weighted by molar-refractivity contribution is 6.62. The summed E-state index contributed by atoms with van der Waals surface area (Å²) in [4.78, 5) is 0. The zero-order valence-electron chi connectivity index (χ0n) is 10.8. The molecule has 1 atom stereocenters. The Labute approximate surface area is 103 Å². The molecule has 1 fully saturated rings. The van der Waals surface area contributed by atoms with E-state index >= 15 is 0 Å². The normalized spacial score (nSPS) is 23.4. The average molecular weight is 234 g/mol. The summed E-state index contributed by atoms with van der Waals surface area (Å²) < 4.78 is 11.9. The lowest BCUT2D eigenvalue weighted by Gasteiger charge is -2.28. The van der Waals surface area contributed by atoms with Gasteiger partial charge in [0.1, 0.15) is 5.75 Å². The van der Waals surface area contributed by atoms with Gasteiger partial charge in [-0.05, 0) is 37.4 Å². The van der Waals surface area contributed by atoms with Gasteiger partial charge in [0.15, 0.2) is 0 Å². The first-order valence-electron chi connectivity index (χ1n) is 6.02. The van der Waals surface area contributed by atoms with Crippen LogP contribution in [0.15, 0.2) is 24.3 Å². The Morgan fingerprint density at radius 2 is 2.06 bits per heavy atom. The number of aromatic hydroxyl groups is 1. The van der Waals surface area contributed by atoms with Gasteiger partial charge in [-0.2, -0.15) is 0 Å². The van der Waals surface area contributed by atoms with Crippen LogP contribution in [0.3, 0.4) is 0 Å². The summed E-state index contributed by atoms with van der Waals surface area (Å²) in [7, 11) is -0.385. The zero-order chi connectivity index (χ0) is 12.6. The maximum absolute atomic E-state index is 9.47. The first-order valence-corrected chi connectivity index (χ1v) is 6.02. The molecule has 1 aliphatic rings. The van der Waals surface area contributed by atoms with Crippen molar-refractivity contribution in [3.8, 4) is 5.75 Å². The molecule has 17 heavy (non-hydrogen) atoms. The molecule has 1 heterocycles. The molecule has 0 amide bonds. The summed E-state index contributed by atoms with van der Waals surface area (Å²) in [6, 6.07) is 7.03. The molecule has 0 aliphatic carbocycles. The fourth-order valence-corrected chi connectivity index (χ4v) is 2.45. The average Bonchev–Trinajstić information content (AvgIpc) is 2.54. The van der Waals surface area contributed by atoms with E-state index in [-0.39, 0.29) is 24.6 Å². The Morgan fingerprint density at radius 1 is 1.35 bits per heavy atom. The smallest absolute Gasteiger partial charge is 0.494 e. The van der Waals surface area contributed by atoms with E-state index in [1.165, 1.54) is 0 Å². The molecule has 0 bridgehead atoms. The van der Waals surface area contributed by atoms with Crippen molar-refractivity contribution in [2.75, 3.05) is 0 Å². The van der Waals surface area contributed by atoms with Crippen LogP contribution < -0.4 is 5.46 Å². The van der Waals surface area contributed by atoms with E-state index in [0.29, 0.717) is 5.92 Å². The maximum Gasteiger partial charge on any atom is 0.494 e. The van der Waals surface area contributed by atoms with E-state index in [2.05, 4.69) is 13.8 Å². The molecule has 3 nitrogen and oxygen atoms in total. The minimum atomic E-state index is -0.385. The Balaban J connectivity index is 2.21. The first-order chi connectivity index (χ1) is 7.90. The Bertz CT molecular complexity index is 403. The van der Waals surface area contributed by atoms with Gasteiger partial charge in [-0.3, -0.25) is 0 Å². The highest BCUT2D eigenvalue weighted by atomic mass is 16.7. The monoisotopic (exact) mass is 234 g/mol. The molecule has 92 valence electrons. The molecule has 0 aromatic heterocycles. The molecule has 1 aromatic carbocycles. The van der Waals surface area contributed by atoms with Crippen LogP contribution in [-0.4, -0.2) is 23.9 Å². The summed E-state index contributed by atoms with van der Waals surface area (Å²) in [5, 5.41) is 9.47. The molecule has 1 N–H and O–H groups in total. The molecule has 1 aromatic rings. The van der Waals surface area contributed by atoms with E-state index in [9.17, 15) is 5.11 Å². The van der Waals surface area contributed by atoms with Crippen LogP contribution in [0.1, 0.15) is 27.7 Å². The zero-order valence-corrected chi connectivity index (χ0v) is 10.8. The lowest BCUT2D eigenvalue weighted by Crippen LogP contribution is -2.36. The van der Waals surface area contributed by atoms with Gasteiger partial charge in [0.2, 0.25) is 0 Å². The summed E-state index contributed by atoms with van der Waals surface area (Å²) in [6.45, 7) is 8.34. The van der Waals surface area contributed by atoms with Gasteiger partial charge in [-0.25, -0.2) is 0 Å². The highest BCUT2D eigenvalue weighted by Gasteiger charge is 2.47.